The molecule has 1 aromatic carbocycles. The average Bonchev–Trinajstić information content (AvgIpc) is 2.67. The minimum Gasteiger partial charge on any atom is -0.433 e. The molecule has 0 bridgehead atoms. The fraction of sp³-hybridized carbons (Fsp3) is 0.100. The van der Waals surface area contributed by atoms with E-state index >= 15 is 0 Å². The number of alkyl halides is 2. The summed E-state index contributed by atoms with van der Waals surface area (Å²) >= 11 is 5.81. The van der Waals surface area contributed by atoms with E-state index in [1.54, 1.807) is 6.07 Å². The van der Waals surface area contributed by atoms with Crippen LogP contribution in [0.4, 0.5) is 14.7 Å². The van der Waals surface area contributed by atoms with Crippen LogP contribution >= 0.6 is 11.6 Å². The monoisotopic (exact) mass is 259 g/mol. The van der Waals surface area contributed by atoms with Crippen molar-refractivity contribution in [2.75, 3.05) is 5.73 Å². The van der Waals surface area contributed by atoms with Gasteiger partial charge >= 0.3 is 6.61 Å². The van der Waals surface area contributed by atoms with Crippen molar-refractivity contribution >= 4 is 17.5 Å². The summed E-state index contributed by atoms with van der Waals surface area (Å²) in [4.78, 5) is 6.62. The van der Waals surface area contributed by atoms with Crippen molar-refractivity contribution in [3.63, 3.8) is 0 Å². The van der Waals surface area contributed by atoms with Crippen LogP contribution in [0.2, 0.25) is 5.02 Å². The quantitative estimate of drug-likeness (QED) is 0.891. The highest BCUT2D eigenvalue weighted by atomic mass is 35.5. The van der Waals surface area contributed by atoms with Crippen molar-refractivity contribution in [1.82, 2.24) is 9.97 Å². The molecule has 0 spiro atoms. The Kier molecular flexibility index (Phi) is 3.14. The standard InChI is InChI=1S/C10H8ClF2N3O/c11-6-3-5(7-4-15-10(14)16-7)1-2-8(6)17-9(12)13/h1-4,9H,(H3,14,15,16). The number of imidazole rings is 1. The number of ether oxygens (including phenoxy) is 1. The van der Waals surface area contributed by atoms with Crippen LogP contribution in [0, 0.1) is 0 Å². The molecule has 1 aromatic heterocycles. The van der Waals surface area contributed by atoms with Gasteiger partial charge in [-0.2, -0.15) is 8.78 Å². The molecule has 2 rings (SSSR count). The summed E-state index contributed by atoms with van der Waals surface area (Å²) in [7, 11) is 0. The van der Waals surface area contributed by atoms with Crippen LogP contribution in [0.5, 0.6) is 5.75 Å². The molecule has 0 saturated heterocycles. The van der Waals surface area contributed by atoms with Gasteiger partial charge in [0.2, 0.25) is 0 Å². The number of hydrogen-bond donors (Lipinski definition) is 2. The molecule has 17 heavy (non-hydrogen) atoms. The minimum absolute atomic E-state index is 0.0714. The Balaban J connectivity index is 2.30. The van der Waals surface area contributed by atoms with E-state index in [-0.39, 0.29) is 16.7 Å². The number of aromatic nitrogens is 2. The van der Waals surface area contributed by atoms with Gasteiger partial charge in [-0.15, -0.1) is 0 Å². The summed E-state index contributed by atoms with van der Waals surface area (Å²) in [6, 6.07) is 4.43. The van der Waals surface area contributed by atoms with E-state index in [2.05, 4.69) is 14.7 Å². The lowest BCUT2D eigenvalue weighted by Crippen LogP contribution is -2.02. The van der Waals surface area contributed by atoms with Gasteiger partial charge in [0.1, 0.15) is 5.75 Å². The molecule has 0 radical (unpaired) electrons. The number of nitrogens with one attached hydrogen (secondary N) is 1. The zero-order valence-corrected chi connectivity index (χ0v) is 9.21. The number of nitrogens with two attached hydrogens (primary N) is 1. The van der Waals surface area contributed by atoms with Gasteiger partial charge in [0.15, 0.2) is 5.95 Å². The van der Waals surface area contributed by atoms with Crippen molar-refractivity contribution in [1.29, 1.82) is 0 Å². The first-order valence-corrected chi connectivity index (χ1v) is 4.99. The van der Waals surface area contributed by atoms with Crippen LogP contribution in [0.15, 0.2) is 24.4 Å². The fourth-order valence-corrected chi connectivity index (χ4v) is 1.57. The van der Waals surface area contributed by atoms with E-state index in [1.807, 2.05) is 0 Å². The molecule has 2 aromatic rings. The summed E-state index contributed by atoms with van der Waals surface area (Å²) in [5.41, 5.74) is 6.75. The van der Waals surface area contributed by atoms with Crippen LogP contribution in [0.1, 0.15) is 0 Å². The van der Waals surface area contributed by atoms with Gasteiger partial charge in [-0.25, -0.2) is 4.98 Å². The third kappa shape index (κ3) is 2.65. The van der Waals surface area contributed by atoms with Crippen molar-refractivity contribution in [2.45, 2.75) is 6.61 Å². The summed E-state index contributed by atoms with van der Waals surface area (Å²) in [6.45, 7) is -2.90. The molecular formula is C10H8ClF2N3O. The molecule has 0 unspecified atom stereocenters. The smallest absolute Gasteiger partial charge is 0.387 e. The first-order chi connectivity index (χ1) is 8.06. The molecule has 1 heterocycles. The van der Waals surface area contributed by atoms with E-state index in [0.717, 1.165) is 0 Å². The maximum atomic E-state index is 12.0. The van der Waals surface area contributed by atoms with Crippen LogP contribution in [0.3, 0.4) is 0 Å². The molecule has 0 aliphatic heterocycles. The number of anilines is 1. The number of rotatable bonds is 3. The largest absolute Gasteiger partial charge is 0.433 e. The van der Waals surface area contributed by atoms with Crippen LogP contribution in [-0.4, -0.2) is 16.6 Å². The zero-order valence-electron chi connectivity index (χ0n) is 8.45. The number of benzene rings is 1. The van der Waals surface area contributed by atoms with Crippen molar-refractivity contribution in [3.8, 4) is 17.0 Å². The second kappa shape index (κ2) is 4.58. The number of hydrogen-bond acceptors (Lipinski definition) is 3. The maximum absolute atomic E-state index is 12.0. The summed E-state index contributed by atoms with van der Waals surface area (Å²) in [5.74, 6) is 0.196. The molecule has 0 amide bonds. The van der Waals surface area contributed by atoms with Gasteiger partial charge in [-0.05, 0) is 18.2 Å². The summed E-state index contributed by atoms with van der Waals surface area (Å²) in [5, 5.41) is 0.0935. The second-order valence-corrected chi connectivity index (χ2v) is 3.61. The Bertz CT molecular complexity index is 530. The van der Waals surface area contributed by atoms with E-state index in [4.69, 9.17) is 17.3 Å². The fourth-order valence-electron chi connectivity index (χ4n) is 1.34. The normalized spacial score (nSPS) is 10.8. The number of aromatic amines is 1. The van der Waals surface area contributed by atoms with Gasteiger partial charge in [-0.1, -0.05) is 11.6 Å². The van der Waals surface area contributed by atoms with Crippen molar-refractivity contribution in [2.24, 2.45) is 0 Å². The van der Waals surface area contributed by atoms with Crippen LogP contribution in [0.25, 0.3) is 11.3 Å². The van der Waals surface area contributed by atoms with Crippen molar-refractivity contribution < 1.29 is 13.5 Å². The Morgan fingerprint density at radius 3 is 2.71 bits per heavy atom. The number of nitrogen functional groups attached to an aromatic ring is 1. The first kappa shape index (κ1) is 11.7. The predicted octanol–water partition coefficient (Wildman–Crippen LogP) is 2.91. The Morgan fingerprint density at radius 1 is 1.41 bits per heavy atom. The Hall–Kier alpha value is -1.82. The van der Waals surface area contributed by atoms with E-state index in [0.29, 0.717) is 11.3 Å². The van der Waals surface area contributed by atoms with Gasteiger partial charge in [0.25, 0.3) is 0 Å². The lowest BCUT2D eigenvalue weighted by Gasteiger charge is -2.07. The van der Waals surface area contributed by atoms with Crippen LogP contribution < -0.4 is 10.5 Å². The van der Waals surface area contributed by atoms with Gasteiger partial charge in [0, 0.05) is 5.56 Å². The molecule has 0 fully saturated rings. The number of nitrogens with zero attached hydrogens (tertiary/aromatic N) is 1. The van der Waals surface area contributed by atoms with Gasteiger partial charge in [0.05, 0.1) is 16.9 Å². The zero-order chi connectivity index (χ0) is 12.4. The lowest BCUT2D eigenvalue weighted by atomic mass is 10.1. The highest BCUT2D eigenvalue weighted by molar-refractivity contribution is 6.32. The maximum Gasteiger partial charge on any atom is 0.387 e. The lowest BCUT2D eigenvalue weighted by molar-refractivity contribution is -0.0497. The van der Waals surface area contributed by atoms with Crippen molar-refractivity contribution in [3.05, 3.63) is 29.4 Å². The predicted molar refractivity (Wildman–Crippen MR) is 60.1 cm³/mol. The SMILES string of the molecule is Nc1ncc(-c2ccc(OC(F)F)c(Cl)c2)[nH]1. The number of H-pyrrole nitrogens is 1. The van der Waals surface area contributed by atoms with Crippen LogP contribution in [-0.2, 0) is 0 Å². The highest BCUT2D eigenvalue weighted by Gasteiger charge is 2.10. The molecule has 0 atom stereocenters. The van der Waals surface area contributed by atoms with E-state index in [9.17, 15) is 8.78 Å². The molecular weight excluding hydrogens is 252 g/mol. The second-order valence-electron chi connectivity index (χ2n) is 3.21. The average molecular weight is 260 g/mol. The highest BCUT2D eigenvalue weighted by Crippen LogP contribution is 2.30. The summed E-state index contributed by atoms with van der Waals surface area (Å²) in [6.07, 6.45) is 1.52. The third-order valence-corrected chi connectivity index (χ3v) is 2.35. The molecule has 3 N–H and O–H groups in total. The van der Waals surface area contributed by atoms with E-state index in [1.165, 1.54) is 18.3 Å². The molecule has 90 valence electrons. The Labute approximate surface area is 100 Å². The molecule has 0 aliphatic rings. The van der Waals surface area contributed by atoms with Gasteiger partial charge < -0.3 is 15.5 Å². The van der Waals surface area contributed by atoms with E-state index < -0.39 is 6.61 Å². The number of halogens is 3. The minimum atomic E-state index is -2.90. The van der Waals surface area contributed by atoms with Gasteiger partial charge in [-0.3, -0.25) is 0 Å². The summed E-state index contributed by atoms with van der Waals surface area (Å²) < 4.78 is 28.3. The molecule has 0 aliphatic carbocycles. The first-order valence-electron chi connectivity index (χ1n) is 4.61. The molecule has 4 nitrogen and oxygen atoms in total. The topological polar surface area (TPSA) is 63.9 Å². The molecule has 0 saturated carbocycles. The third-order valence-electron chi connectivity index (χ3n) is 2.05. The Morgan fingerprint density at radius 2 is 2.18 bits per heavy atom. The molecule has 7 heteroatoms.